The molecule has 2 aromatic heterocycles. The topological polar surface area (TPSA) is 78.9 Å². The van der Waals surface area contributed by atoms with Crippen molar-refractivity contribution in [3.8, 4) is 10.8 Å². The van der Waals surface area contributed by atoms with Crippen LogP contribution in [-0.2, 0) is 0 Å². The summed E-state index contributed by atoms with van der Waals surface area (Å²) in [5, 5.41) is 9.39. The molecule has 2 N–H and O–H groups in total. The van der Waals surface area contributed by atoms with E-state index in [2.05, 4.69) is 15.0 Å². The second kappa shape index (κ2) is 3.22. The first kappa shape index (κ1) is 8.89. The molecule has 0 amide bonds. The molecule has 0 aliphatic rings. The van der Waals surface area contributed by atoms with Crippen molar-refractivity contribution in [3.63, 3.8) is 0 Å². The highest BCUT2D eigenvalue weighted by Crippen LogP contribution is 2.24. The molecule has 72 valence electrons. The molecule has 0 unspecified atom stereocenters. The molecule has 2 aromatic rings. The molecular formula is C8H7N3O2S. The lowest BCUT2D eigenvalue weighted by atomic mass is 10.4. The molecular weight excluding hydrogens is 202 g/mol. The van der Waals surface area contributed by atoms with Gasteiger partial charge < -0.3 is 10.1 Å². The quantitative estimate of drug-likeness (QED) is 0.786. The highest BCUT2D eigenvalue weighted by Gasteiger charge is 2.15. The van der Waals surface area contributed by atoms with E-state index in [4.69, 9.17) is 5.11 Å². The van der Waals surface area contributed by atoms with Crippen LogP contribution < -0.4 is 0 Å². The number of rotatable bonds is 2. The van der Waals surface area contributed by atoms with Crippen molar-refractivity contribution < 1.29 is 9.90 Å². The van der Waals surface area contributed by atoms with Gasteiger partial charge in [0.15, 0.2) is 16.5 Å². The number of aromatic carboxylic acids is 1. The number of hydrogen-bond acceptors (Lipinski definition) is 4. The SMILES string of the molecule is Cc1sc(-c2ncc[nH]2)nc1C(=O)O. The second-order valence-corrected chi connectivity index (χ2v) is 3.87. The minimum absolute atomic E-state index is 0.0985. The van der Waals surface area contributed by atoms with E-state index in [0.29, 0.717) is 15.7 Å². The summed E-state index contributed by atoms with van der Waals surface area (Å²) in [6, 6.07) is 0. The number of aromatic amines is 1. The number of imidazole rings is 1. The highest BCUT2D eigenvalue weighted by atomic mass is 32.1. The molecule has 0 bridgehead atoms. The van der Waals surface area contributed by atoms with Crippen molar-refractivity contribution in [2.75, 3.05) is 0 Å². The van der Waals surface area contributed by atoms with E-state index in [9.17, 15) is 4.79 Å². The van der Waals surface area contributed by atoms with Crippen LogP contribution in [0.1, 0.15) is 15.4 Å². The van der Waals surface area contributed by atoms with E-state index in [0.717, 1.165) is 0 Å². The van der Waals surface area contributed by atoms with Crippen molar-refractivity contribution in [1.29, 1.82) is 0 Å². The van der Waals surface area contributed by atoms with Crippen LogP contribution in [0, 0.1) is 6.92 Å². The zero-order chi connectivity index (χ0) is 10.1. The van der Waals surface area contributed by atoms with Crippen molar-refractivity contribution in [2.24, 2.45) is 0 Å². The summed E-state index contributed by atoms with van der Waals surface area (Å²) in [6.07, 6.45) is 3.28. The minimum atomic E-state index is -1.00. The first-order valence-electron chi connectivity index (χ1n) is 3.89. The fraction of sp³-hybridized carbons (Fsp3) is 0.125. The summed E-state index contributed by atoms with van der Waals surface area (Å²) in [7, 11) is 0. The van der Waals surface area contributed by atoms with Crippen molar-refractivity contribution in [2.45, 2.75) is 6.92 Å². The summed E-state index contributed by atoms with van der Waals surface area (Å²) in [5.74, 6) is -0.401. The van der Waals surface area contributed by atoms with E-state index in [-0.39, 0.29) is 5.69 Å². The third-order valence-electron chi connectivity index (χ3n) is 1.70. The Balaban J connectivity index is 2.48. The normalized spacial score (nSPS) is 10.4. The standard InChI is InChI=1S/C8H7N3O2S/c1-4-5(8(12)13)11-7(14-4)6-9-2-3-10-6/h2-3H,1H3,(H,9,10)(H,12,13). The van der Waals surface area contributed by atoms with Crippen LogP contribution in [0.5, 0.6) is 0 Å². The van der Waals surface area contributed by atoms with Gasteiger partial charge in [-0.3, -0.25) is 0 Å². The van der Waals surface area contributed by atoms with Crippen LogP contribution in [0.25, 0.3) is 10.8 Å². The Bertz CT molecular complexity index is 461. The predicted octanol–water partition coefficient (Wildman–Crippen LogP) is 1.54. The molecule has 2 heterocycles. The van der Waals surface area contributed by atoms with Gasteiger partial charge in [-0.25, -0.2) is 14.8 Å². The molecule has 0 spiro atoms. The molecule has 0 saturated carbocycles. The van der Waals surface area contributed by atoms with Crippen LogP contribution in [0.4, 0.5) is 0 Å². The van der Waals surface area contributed by atoms with E-state index >= 15 is 0 Å². The predicted molar refractivity (Wildman–Crippen MR) is 51.4 cm³/mol. The molecule has 5 nitrogen and oxygen atoms in total. The third-order valence-corrected chi connectivity index (χ3v) is 2.68. The van der Waals surface area contributed by atoms with Crippen LogP contribution in [0.15, 0.2) is 12.4 Å². The minimum Gasteiger partial charge on any atom is -0.476 e. The Labute approximate surface area is 83.5 Å². The maximum Gasteiger partial charge on any atom is 0.355 e. The van der Waals surface area contributed by atoms with Gasteiger partial charge in [-0.2, -0.15) is 0 Å². The van der Waals surface area contributed by atoms with Crippen LogP contribution >= 0.6 is 11.3 Å². The van der Waals surface area contributed by atoms with Gasteiger partial charge in [-0.15, -0.1) is 11.3 Å². The fourth-order valence-corrected chi connectivity index (χ4v) is 1.94. The lowest BCUT2D eigenvalue weighted by Gasteiger charge is -1.86. The van der Waals surface area contributed by atoms with Gasteiger partial charge in [0.25, 0.3) is 0 Å². The number of nitrogens with one attached hydrogen (secondary N) is 1. The number of carboxylic acids is 1. The molecule has 0 aliphatic carbocycles. The summed E-state index contributed by atoms with van der Waals surface area (Å²) in [6.45, 7) is 1.73. The number of aryl methyl sites for hydroxylation is 1. The van der Waals surface area contributed by atoms with E-state index in [1.54, 1.807) is 19.3 Å². The maximum atomic E-state index is 10.7. The molecule has 0 radical (unpaired) electrons. The van der Waals surface area contributed by atoms with Crippen LogP contribution in [-0.4, -0.2) is 26.0 Å². The summed E-state index contributed by atoms with van der Waals surface area (Å²) < 4.78 is 0. The molecule has 0 atom stereocenters. The fourth-order valence-electron chi connectivity index (χ4n) is 1.08. The second-order valence-electron chi connectivity index (χ2n) is 2.67. The van der Waals surface area contributed by atoms with Crippen molar-refractivity contribution in [3.05, 3.63) is 23.0 Å². The third kappa shape index (κ3) is 1.39. The summed E-state index contributed by atoms with van der Waals surface area (Å²) >= 11 is 1.31. The Morgan fingerprint density at radius 3 is 2.93 bits per heavy atom. The van der Waals surface area contributed by atoms with E-state index < -0.39 is 5.97 Å². The summed E-state index contributed by atoms with van der Waals surface area (Å²) in [4.78, 5) is 22.3. The van der Waals surface area contributed by atoms with E-state index in [1.807, 2.05) is 0 Å². The molecule has 0 aromatic carbocycles. The van der Waals surface area contributed by atoms with Gasteiger partial charge in [0.2, 0.25) is 0 Å². The number of H-pyrrole nitrogens is 1. The van der Waals surface area contributed by atoms with Gasteiger partial charge in [0.1, 0.15) is 0 Å². The largest absolute Gasteiger partial charge is 0.476 e. The zero-order valence-corrected chi connectivity index (χ0v) is 8.13. The Kier molecular flexibility index (Phi) is 2.05. The van der Waals surface area contributed by atoms with Crippen LogP contribution in [0.3, 0.4) is 0 Å². The number of hydrogen-bond donors (Lipinski definition) is 2. The first-order chi connectivity index (χ1) is 6.68. The van der Waals surface area contributed by atoms with Crippen LogP contribution in [0.2, 0.25) is 0 Å². The van der Waals surface area contributed by atoms with Crippen molar-refractivity contribution >= 4 is 17.3 Å². The molecule has 0 saturated heterocycles. The Morgan fingerprint density at radius 1 is 1.64 bits per heavy atom. The maximum absolute atomic E-state index is 10.7. The molecule has 14 heavy (non-hydrogen) atoms. The lowest BCUT2D eigenvalue weighted by Crippen LogP contribution is -1.98. The van der Waals surface area contributed by atoms with Gasteiger partial charge >= 0.3 is 5.97 Å². The number of carboxylic acid groups (broad SMARTS) is 1. The van der Waals surface area contributed by atoms with Gasteiger partial charge in [-0.05, 0) is 6.92 Å². The molecule has 0 fully saturated rings. The Morgan fingerprint density at radius 2 is 2.43 bits per heavy atom. The monoisotopic (exact) mass is 209 g/mol. The number of nitrogens with zero attached hydrogens (tertiary/aromatic N) is 2. The number of aromatic nitrogens is 3. The molecule has 2 rings (SSSR count). The van der Waals surface area contributed by atoms with Gasteiger partial charge in [-0.1, -0.05) is 0 Å². The number of thiazole rings is 1. The molecule has 6 heteroatoms. The smallest absolute Gasteiger partial charge is 0.355 e. The highest BCUT2D eigenvalue weighted by molar-refractivity contribution is 7.15. The average molecular weight is 209 g/mol. The number of carbonyl (C=O) groups is 1. The summed E-state index contributed by atoms with van der Waals surface area (Å²) in [5.41, 5.74) is 0.0985. The molecule has 0 aliphatic heterocycles. The average Bonchev–Trinajstić information content (AvgIpc) is 2.70. The van der Waals surface area contributed by atoms with E-state index in [1.165, 1.54) is 11.3 Å². The van der Waals surface area contributed by atoms with Crippen molar-refractivity contribution in [1.82, 2.24) is 15.0 Å². The zero-order valence-electron chi connectivity index (χ0n) is 7.31. The van der Waals surface area contributed by atoms with Gasteiger partial charge in [0.05, 0.1) is 0 Å². The first-order valence-corrected chi connectivity index (χ1v) is 4.70. The Hall–Kier alpha value is -1.69. The lowest BCUT2D eigenvalue weighted by molar-refractivity contribution is 0.0690. The van der Waals surface area contributed by atoms with Gasteiger partial charge in [0, 0.05) is 17.3 Å².